The molecule has 40 heavy (non-hydrogen) atoms. The summed E-state index contributed by atoms with van der Waals surface area (Å²) < 4.78 is 61.8. The number of benzene rings is 3. The summed E-state index contributed by atoms with van der Waals surface area (Å²) in [7, 11) is 1.31. The SMILES string of the molecule is COc1ccc(C(F)(F)F)cc1N1C(N2CCN(c3cccc(O)c3)CC2)=Nc2c(F)cccc2[C@@H]1CC(=O)O. The number of nitrogens with zero attached hydrogens (tertiary/aromatic N) is 4. The lowest BCUT2D eigenvalue weighted by Crippen LogP contribution is -2.55. The Kier molecular flexibility index (Phi) is 7.17. The van der Waals surface area contributed by atoms with Crippen molar-refractivity contribution in [2.24, 2.45) is 4.99 Å². The Hall–Kier alpha value is -4.48. The number of carboxylic acids is 1. The van der Waals surface area contributed by atoms with Crippen LogP contribution in [0, 0.1) is 5.82 Å². The molecule has 12 heteroatoms. The van der Waals surface area contributed by atoms with E-state index in [4.69, 9.17) is 4.74 Å². The first-order chi connectivity index (χ1) is 19.1. The van der Waals surface area contributed by atoms with Gasteiger partial charge in [-0.2, -0.15) is 13.2 Å². The highest BCUT2D eigenvalue weighted by Gasteiger charge is 2.40. The zero-order valence-corrected chi connectivity index (χ0v) is 21.4. The maximum atomic E-state index is 15.0. The van der Waals surface area contributed by atoms with Crippen LogP contribution in [0.25, 0.3) is 0 Å². The van der Waals surface area contributed by atoms with E-state index in [1.807, 2.05) is 11.0 Å². The minimum absolute atomic E-state index is 0.0346. The summed E-state index contributed by atoms with van der Waals surface area (Å²) in [6, 6.07) is 12.8. The van der Waals surface area contributed by atoms with Gasteiger partial charge in [0.25, 0.3) is 0 Å². The second-order valence-corrected chi connectivity index (χ2v) is 9.45. The highest BCUT2D eigenvalue weighted by molar-refractivity contribution is 6.02. The Morgan fingerprint density at radius 1 is 1.02 bits per heavy atom. The summed E-state index contributed by atoms with van der Waals surface area (Å²) in [6.45, 7) is 1.61. The summed E-state index contributed by atoms with van der Waals surface area (Å²) in [5, 5.41) is 19.7. The number of phenolic OH excluding ortho intramolecular Hbond substituents is 1. The van der Waals surface area contributed by atoms with Crippen LogP contribution in [-0.2, 0) is 11.0 Å². The predicted octanol–water partition coefficient (Wildman–Crippen LogP) is 5.40. The van der Waals surface area contributed by atoms with Crippen molar-refractivity contribution in [3.8, 4) is 11.5 Å². The number of guanidine groups is 1. The molecule has 0 saturated carbocycles. The van der Waals surface area contributed by atoms with Gasteiger partial charge < -0.3 is 29.6 Å². The fourth-order valence-corrected chi connectivity index (χ4v) is 5.13. The van der Waals surface area contributed by atoms with Gasteiger partial charge in [0.15, 0.2) is 0 Å². The number of carboxylic acid groups (broad SMARTS) is 1. The normalized spacial score (nSPS) is 17.4. The molecule has 0 unspecified atom stereocenters. The number of aliphatic imine (C=N–C) groups is 1. The number of anilines is 2. The predicted molar refractivity (Wildman–Crippen MR) is 141 cm³/mol. The second-order valence-electron chi connectivity index (χ2n) is 9.45. The Bertz CT molecular complexity index is 1450. The summed E-state index contributed by atoms with van der Waals surface area (Å²) in [5.41, 5.74) is -0.00439. The number of methoxy groups -OCH3 is 1. The number of piperazine rings is 1. The van der Waals surface area contributed by atoms with Crippen molar-refractivity contribution in [1.29, 1.82) is 0 Å². The van der Waals surface area contributed by atoms with E-state index in [0.717, 1.165) is 17.8 Å². The number of halogens is 4. The maximum Gasteiger partial charge on any atom is 0.416 e. The summed E-state index contributed by atoms with van der Waals surface area (Å²) in [4.78, 5) is 21.8. The quantitative estimate of drug-likeness (QED) is 0.405. The molecular weight excluding hydrogens is 532 g/mol. The van der Waals surface area contributed by atoms with Crippen LogP contribution in [0.5, 0.6) is 11.5 Å². The van der Waals surface area contributed by atoms with Gasteiger partial charge in [-0.1, -0.05) is 18.2 Å². The third-order valence-electron chi connectivity index (χ3n) is 7.01. The van der Waals surface area contributed by atoms with Crippen LogP contribution in [0.4, 0.5) is 34.6 Å². The fourth-order valence-electron chi connectivity index (χ4n) is 5.13. The Balaban J connectivity index is 1.62. The molecule has 210 valence electrons. The number of para-hydroxylation sites is 1. The number of aromatic hydroxyl groups is 1. The largest absolute Gasteiger partial charge is 0.508 e. The van der Waals surface area contributed by atoms with Gasteiger partial charge in [0.1, 0.15) is 23.0 Å². The molecular formula is C28H26F4N4O4. The molecule has 2 N–H and O–H groups in total. The molecule has 2 aliphatic rings. The Morgan fingerprint density at radius 3 is 2.38 bits per heavy atom. The highest BCUT2D eigenvalue weighted by atomic mass is 19.4. The monoisotopic (exact) mass is 558 g/mol. The second kappa shape index (κ2) is 10.6. The zero-order chi connectivity index (χ0) is 28.6. The molecule has 1 saturated heterocycles. The van der Waals surface area contributed by atoms with Crippen molar-refractivity contribution in [3.63, 3.8) is 0 Å². The van der Waals surface area contributed by atoms with Crippen molar-refractivity contribution in [1.82, 2.24) is 4.90 Å². The number of hydrogen-bond acceptors (Lipinski definition) is 7. The van der Waals surface area contributed by atoms with Crippen molar-refractivity contribution in [2.75, 3.05) is 43.1 Å². The van der Waals surface area contributed by atoms with Crippen LogP contribution in [0.15, 0.2) is 65.7 Å². The molecule has 5 rings (SSSR count). The average molecular weight is 559 g/mol. The molecule has 2 aliphatic heterocycles. The molecule has 8 nitrogen and oxygen atoms in total. The lowest BCUT2D eigenvalue weighted by atomic mass is 9.96. The number of aliphatic carboxylic acids is 1. The molecule has 3 aromatic carbocycles. The van der Waals surface area contributed by atoms with Crippen LogP contribution >= 0.6 is 0 Å². The van der Waals surface area contributed by atoms with Crippen LogP contribution in [0.2, 0.25) is 0 Å². The van der Waals surface area contributed by atoms with Crippen molar-refractivity contribution in [2.45, 2.75) is 18.6 Å². The number of rotatable bonds is 5. The molecule has 1 fully saturated rings. The van der Waals surface area contributed by atoms with Gasteiger partial charge in [0, 0.05) is 43.5 Å². The summed E-state index contributed by atoms with van der Waals surface area (Å²) in [6.07, 6.45) is -5.20. The van der Waals surface area contributed by atoms with E-state index in [1.54, 1.807) is 23.1 Å². The van der Waals surface area contributed by atoms with E-state index < -0.39 is 36.0 Å². The van der Waals surface area contributed by atoms with Gasteiger partial charge in [0.05, 0.1) is 30.8 Å². The first-order valence-corrected chi connectivity index (χ1v) is 12.5. The van der Waals surface area contributed by atoms with Gasteiger partial charge in [-0.15, -0.1) is 0 Å². The molecule has 0 aliphatic carbocycles. The molecule has 2 heterocycles. The molecule has 3 aromatic rings. The molecule has 0 radical (unpaired) electrons. The van der Waals surface area contributed by atoms with E-state index >= 15 is 4.39 Å². The van der Waals surface area contributed by atoms with Gasteiger partial charge in [-0.3, -0.25) is 4.79 Å². The number of phenols is 1. The van der Waals surface area contributed by atoms with Crippen LogP contribution in [0.1, 0.15) is 23.6 Å². The first-order valence-electron chi connectivity index (χ1n) is 12.5. The summed E-state index contributed by atoms with van der Waals surface area (Å²) in [5.74, 6) is -1.57. The minimum atomic E-state index is -4.67. The average Bonchev–Trinajstić information content (AvgIpc) is 2.92. The van der Waals surface area contributed by atoms with Gasteiger partial charge in [-0.25, -0.2) is 9.38 Å². The number of ether oxygens (including phenoxy) is 1. The van der Waals surface area contributed by atoms with E-state index in [9.17, 15) is 28.2 Å². The highest BCUT2D eigenvalue weighted by Crippen LogP contribution is 2.46. The zero-order valence-electron chi connectivity index (χ0n) is 21.4. The van der Waals surface area contributed by atoms with Gasteiger partial charge in [0.2, 0.25) is 5.96 Å². The standard InChI is InChI=1S/C28H26F4N4O4/c1-40-24-9-8-17(28(30,31)32)14-23(24)36-22(16-25(38)39)20-6-3-7-21(29)26(20)33-27(36)35-12-10-34(11-13-35)18-4-2-5-19(37)15-18/h2-9,14-15,22,37H,10-13,16H2,1H3,(H,38,39)/t22-/m0/s1. The van der Waals surface area contributed by atoms with Crippen molar-refractivity contribution >= 4 is 29.0 Å². The van der Waals surface area contributed by atoms with E-state index in [0.29, 0.717) is 26.2 Å². The molecule has 1 atom stereocenters. The molecule has 0 amide bonds. The molecule has 0 spiro atoms. The Morgan fingerprint density at radius 2 is 1.73 bits per heavy atom. The lowest BCUT2D eigenvalue weighted by molar-refractivity contribution is -0.138. The Labute approximate surface area is 227 Å². The van der Waals surface area contributed by atoms with Gasteiger partial charge >= 0.3 is 12.1 Å². The van der Waals surface area contributed by atoms with E-state index in [2.05, 4.69) is 4.99 Å². The van der Waals surface area contributed by atoms with E-state index in [-0.39, 0.29) is 34.4 Å². The third-order valence-corrected chi connectivity index (χ3v) is 7.01. The number of carbonyl (C=O) groups is 1. The van der Waals surface area contributed by atoms with Gasteiger partial charge in [-0.05, 0) is 36.4 Å². The first kappa shape index (κ1) is 27.1. The van der Waals surface area contributed by atoms with Crippen LogP contribution in [-0.4, -0.2) is 60.3 Å². The van der Waals surface area contributed by atoms with E-state index in [1.165, 1.54) is 36.3 Å². The fraction of sp³-hybridized carbons (Fsp3) is 0.286. The lowest BCUT2D eigenvalue weighted by Gasteiger charge is -2.45. The third kappa shape index (κ3) is 5.21. The topological polar surface area (TPSA) is 88.8 Å². The minimum Gasteiger partial charge on any atom is -0.508 e. The number of alkyl halides is 3. The summed E-state index contributed by atoms with van der Waals surface area (Å²) >= 11 is 0. The van der Waals surface area contributed by atoms with Crippen molar-refractivity contribution in [3.05, 3.63) is 77.6 Å². The number of hydrogen-bond donors (Lipinski definition) is 2. The van der Waals surface area contributed by atoms with Crippen LogP contribution in [0.3, 0.4) is 0 Å². The number of fused-ring (bicyclic) bond motifs is 1. The van der Waals surface area contributed by atoms with Crippen LogP contribution < -0.4 is 14.5 Å². The molecule has 0 bridgehead atoms. The van der Waals surface area contributed by atoms with Crippen molar-refractivity contribution < 1.29 is 37.3 Å². The maximum absolute atomic E-state index is 15.0. The smallest absolute Gasteiger partial charge is 0.416 e. The molecule has 0 aromatic heterocycles.